The first-order chi connectivity index (χ1) is 12.5. The molecule has 26 heavy (non-hydrogen) atoms. The van der Waals surface area contributed by atoms with Gasteiger partial charge >= 0.3 is 0 Å². The molecule has 2 heterocycles. The fourth-order valence-electron chi connectivity index (χ4n) is 3.61. The Labute approximate surface area is 154 Å². The number of rotatable bonds is 4. The zero-order valence-electron chi connectivity index (χ0n) is 15.0. The number of benzene rings is 1. The smallest absolute Gasteiger partial charge is 0.196 e. The van der Waals surface area contributed by atoms with Gasteiger partial charge in [0.15, 0.2) is 4.96 Å². The minimum absolute atomic E-state index is 0.112. The highest BCUT2D eigenvalue weighted by molar-refractivity contribution is 7.17. The van der Waals surface area contributed by atoms with E-state index in [1.54, 1.807) is 0 Å². The quantitative estimate of drug-likeness (QED) is 0.669. The molecule has 0 atom stereocenters. The van der Waals surface area contributed by atoms with Crippen molar-refractivity contribution in [2.75, 3.05) is 12.4 Å². The van der Waals surface area contributed by atoms with Gasteiger partial charge in [-0.1, -0.05) is 12.8 Å². The summed E-state index contributed by atoms with van der Waals surface area (Å²) >= 11 is 1.53. The van der Waals surface area contributed by atoms with Crippen molar-refractivity contribution in [1.29, 1.82) is 0 Å². The Hall–Kier alpha value is -2.15. The number of thiazole rings is 1. The zero-order chi connectivity index (χ0) is 18.4. The lowest BCUT2D eigenvalue weighted by Crippen LogP contribution is -2.17. The van der Waals surface area contributed by atoms with Crippen LogP contribution in [0.15, 0.2) is 12.1 Å². The predicted octanol–water partition coefficient (Wildman–Crippen LogP) is 5.32. The monoisotopic (exact) mass is 377 g/mol. The first-order valence-corrected chi connectivity index (χ1v) is 9.59. The van der Waals surface area contributed by atoms with Gasteiger partial charge in [0.25, 0.3) is 0 Å². The van der Waals surface area contributed by atoms with E-state index in [4.69, 9.17) is 4.74 Å². The van der Waals surface area contributed by atoms with Crippen molar-refractivity contribution in [1.82, 2.24) is 9.38 Å². The zero-order valence-corrected chi connectivity index (χ0v) is 15.8. The summed E-state index contributed by atoms with van der Waals surface area (Å²) in [7, 11) is 1.39. The van der Waals surface area contributed by atoms with Gasteiger partial charge in [0.05, 0.1) is 12.7 Å². The molecule has 0 spiro atoms. The number of anilines is 1. The summed E-state index contributed by atoms with van der Waals surface area (Å²) in [5.41, 5.74) is 1.25. The third-order valence-corrected chi connectivity index (χ3v) is 6.18. The maximum atomic E-state index is 14.7. The van der Waals surface area contributed by atoms with Gasteiger partial charge in [-0.2, -0.15) is 0 Å². The van der Waals surface area contributed by atoms with Gasteiger partial charge in [0.1, 0.15) is 28.9 Å². The maximum Gasteiger partial charge on any atom is 0.196 e. The molecule has 3 aromatic rings. The van der Waals surface area contributed by atoms with Gasteiger partial charge < -0.3 is 10.1 Å². The molecule has 1 aromatic carbocycles. The van der Waals surface area contributed by atoms with Gasteiger partial charge in [-0.05, 0) is 26.7 Å². The van der Waals surface area contributed by atoms with Crippen LogP contribution < -0.4 is 10.1 Å². The van der Waals surface area contributed by atoms with E-state index in [1.807, 2.05) is 18.2 Å². The average Bonchev–Trinajstić information content (AvgIpc) is 3.28. The van der Waals surface area contributed by atoms with Crippen LogP contribution in [-0.2, 0) is 0 Å². The van der Waals surface area contributed by atoms with Crippen LogP contribution in [0.5, 0.6) is 5.75 Å². The van der Waals surface area contributed by atoms with Gasteiger partial charge in [0.2, 0.25) is 0 Å². The van der Waals surface area contributed by atoms with Crippen LogP contribution >= 0.6 is 11.3 Å². The van der Waals surface area contributed by atoms with Crippen molar-refractivity contribution in [3.05, 3.63) is 34.3 Å². The molecule has 1 fully saturated rings. The fraction of sp³-hybridized carbons (Fsp3) is 0.421. The molecule has 0 bridgehead atoms. The van der Waals surface area contributed by atoms with Crippen LogP contribution in [0.25, 0.3) is 16.2 Å². The molecule has 138 valence electrons. The highest BCUT2D eigenvalue weighted by atomic mass is 32.1. The van der Waals surface area contributed by atoms with Crippen LogP contribution in [0.4, 0.5) is 14.6 Å². The SMILES string of the molecule is COc1cc(F)c(-c2nc3sc(C)c(C)n3c2NC2CCCC2)c(F)c1. The van der Waals surface area contributed by atoms with Gasteiger partial charge in [0, 0.05) is 28.7 Å². The van der Waals surface area contributed by atoms with Gasteiger partial charge in [-0.15, -0.1) is 11.3 Å². The normalized spacial score (nSPS) is 15.1. The highest BCUT2D eigenvalue weighted by Crippen LogP contribution is 2.39. The minimum Gasteiger partial charge on any atom is -0.497 e. The Morgan fingerprint density at radius 1 is 1.19 bits per heavy atom. The van der Waals surface area contributed by atoms with Crippen molar-refractivity contribution in [2.24, 2.45) is 0 Å². The molecule has 1 aliphatic carbocycles. The van der Waals surface area contributed by atoms with E-state index >= 15 is 0 Å². The molecule has 4 nitrogen and oxygen atoms in total. The Morgan fingerprint density at radius 3 is 2.46 bits per heavy atom. The number of aryl methyl sites for hydroxylation is 2. The third kappa shape index (κ3) is 2.74. The summed E-state index contributed by atoms with van der Waals surface area (Å²) in [4.78, 5) is 6.47. The molecule has 2 aromatic heterocycles. The third-order valence-electron chi connectivity index (χ3n) is 5.12. The second-order valence-corrected chi connectivity index (χ2v) is 7.94. The van der Waals surface area contributed by atoms with E-state index in [0.717, 1.165) is 28.4 Å². The molecular formula is C19H21F2N3OS. The number of methoxy groups -OCH3 is 1. The number of imidazole rings is 1. The number of hydrogen-bond acceptors (Lipinski definition) is 4. The molecule has 7 heteroatoms. The van der Waals surface area contributed by atoms with Crippen molar-refractivity contribution < 1.29 is 13.5 Å². The highest BCUT2D eigenvalue weighted by Gasteiger charge is 2.26. The number of hydrogen-bond donors (Lipinski definition) is 1. The van der Waals surface area contributed by atoms with E-state index < -0.39 is 11.6 Å². The Morgan fingerprint density at radius 2 is 1.85 bits per heavy atom. The maximum absolute atomic E-state index is 14.7. The number of ether oxygens (including phenoxy) is 1. The van der Waals surface area contributed by atoms with E-state index in [-0.39, 0.29) is 11.3 Å². The van der Waals surface area contributed by atoms with Crippen LogP contribution in [0, 0.1) is 25.5 Å². The standard InChI is InChI=1S/C19H21F2N3OS/c1-10-11(2)26-19-23-17(16-14(20)8-13(25-3)9-15(16)21)18(24(10)19)22-12-6-4-5-7-12/h8-9,12,22H,4-7H2,1-3H3. The molecule has 1 N–H and O–H groups in total. The Balaban J connectivity index is 1.92. The van der Waals surface area contributed by atoms with Crippen molar-refractivity contribution in [3.63, 3.8) is 0 Å². The second-order valence-electron chi connectivity index (χ2n) is 6.76. The number of fused-ring (bicyclic) bond motifs is 1. The summed E-state index contributed by atoms with van der Waals surface area (Å²) in [6, 6.07) is 2.70. The van der Waals surface area contributed by atoms with Gasteiger partial charge in [-0.25, -0.2) is 13.8 Å². The van der Waals surface area contributed by atoms with Crippen LogP contribution in [0.1, 0.15) is 36.3 Å². The van der Waals surface area contributed by atoms with Crippen LogP contribution in [0.3, 0.4) is 0 Å². The summed E-state index contributed by atoms with van der Waals surface area (Å²) < 4.78 is 36.3. The number of aromatic nitrogens is 2. The van der Waals surface area contributed by atoms with Crippen LogP contribution in [-0.4, -0.2) is 22.5 Å². The predicted molar refractivity (Wildman–Crippen MR) is 100 cm³/mol. The molecule has 1 aliphatic rings. The van der Waals surface area contributed by atoms with Crippen molar-refractivity contribution >= 4 is 22.1 Å². The van der Waals surface area contributed by atoms with E-state index in [1.165, 1.54) is 43.4 Å². The van der Waals surface area contributed by atoms with E-state index in [2.05, 4.69) is 10.3 Å². The number of nitrogens with zero attached hydrogens (tertiary/aromatic N) is 2. The largest absolute Gasteiger partial charge is 0.497 e. The lowest BCUT2D eigenvalue weighted by Gasteiger charge is -2.16. The van der Waals surface area contributed by atoms with Crippen molar-refractivity contribution in [2.45, 2.75) is 45.6 Å². The van der Waals surface area contributed by atoms with Gasteiger partial charge in [-0.3, -0.25) is 4.40 Å². The molecule has 1 saturated carbocycles. The van der Waals surface area contributed by atoms with E-state index in [9.17, 15) is 8.78 Å². The molecular weight excluding hydrogens is 356 g/mol. The summed E-state index contributed by atoms with van der Waals surface area (Å²) in [5, 5.41) is 3.51. The van der Waals surface area contributed by atoms with Crippen LogP contribution in [0.2, 0.25) is 0 Å². The number of halogens is 2. The van der Waals surface area contributed by atoms with E-state index in [0.29, 0.717) is 17.6 Å². The molecule has 0 radical (unpaired) electrons. The number of nitrogens with one attached hydrogen (secondary N) is 1. The lowest BCUT2D eigenvalue weighted by atomic mass is 10.1. The fourth-order valence-corrected chi connectivity index (χ4v) is 4.58. The lowest BCUT2D eigenvalue weighted by molar-refractivity contribution is 0.407. The summed E-state index contributed by atoms with van der Waals surface area (Å²) in [6.07, 6.45) is 4.45. The molecule has 0 unspecified atom stereocenters. The first-order valence-electron chi connectivity index (χ1n) is 8.78. The summed E-state index contributed by atoms with van der Waals surface area (Å²) in [6.45, 7) is 4.03. The second kappa shape index (κ2) is 6.54. The molecule has 0 amide bonds. The Kier molecular flexibility index (Phi) is 4.34. The molecule has 0 aliphatic heterocycles. The summed E-state index contributed by atoms with van der Waals surface area (Å²) in [5.74, 6) is -0.508. The topological polar surface area (TPSA) is 38.6 Å². The average molecular weight is 377 g/mol. The minimum atomic E-state index is -0.670. The molecule has 0 saturated heterocycles. The molecule has 4 rings (SSSR count). The Bertz CT molecular complexity index is 950. The first kappa shape index (κ1) is 17.3. The van der Waals surface area contributed by atoms with Crippen molar-refractivity contribution in [3.8, 4) is 17.0 Å².